The number of nitrogens with two attached hydrogens (primary N) is 1. The molecule has 2 unspecified atom stereocenters. The lowest BCUT2D eigenvalue weighted by Gasteiger charge is -2.15. The Labute approximate surface area is 117 Å². The molecule has 1 rings (SSSR count). The van der Waals surface area contributed by atoms with E-state index >= 15 is 0 Å². The van der Waals surface area contributed by atoms with Crippen LogP contribution in [-0.4, -0.2) is 12.6 Å². The summed E-state index contributed by atoms with van der Waals surface area (Å²) >= 11 is 7.54. The van der Waals surface area contributed by atoms with Gasteiger partial charge in [-0.25, -0.2) is 0 Å². The fourth-order valence-electron chi connectivity index (χ4n) is 1.80. The van der Waals surface area contributed by atoms with Crippen LogP contribution in [0.5, 0.6) is 0 Å². The van der Waals surface area contributed by atoms with Crippen LogP contribution in [0.3, 0.4) is 0 Å². The van der Waals surface area contributed by atoms with Gasteiger partial charge in [-0.2, -0.15) is 0 Å². The van der Waals surface area contributed by atoms with E-state index in [1.807, 2.05) is 26.8 Å². The van der Waals surface area contributed by atoms with Crippen molar-refractivity contribution < 1.29 is 9.53 Å². The number of thiophene rings is 1. The summed E-state index contributed by atoms with van der Waals surface area (Å²) in [5.41, 5.74) is 7.19. The SMILES string of the molecule is CCOC(=O)CC(C)CC(N)c1cc(C)c(Cl)s1. The van der Waals surface area contributed by atoms with Crippen molar-refractivity contribution in [2.24, 2.45) is 11.7 Å². The van der Waals surface area contributed by atoms with Crippen LogP contribution in [0.1, 0.15) is 43.2 Å². The van der Waals surface area contributed by atoms with Gasteiger partial charge in [-0.1, -0.05) is 18.5 Å². The zero-order valence-corrected chi connectivity index (χ0v) is 12.6. The molecule has 102 valence electrons. The summed E-state index contributed by atoms with van der Waals surface area (Å²) in [7, 11) is 0. The first kappa shape index (κ1) is 15.5. The van der Waals surface area contributed by atoms with E-state index in [1.165, 1.54) is 11.3 Å². The van der Waals surface area contributed by atoms with Gasteiger partial charge in [0, 0.05) is 17.3 Å². The lowest BCUT2D eigenvalue weighted by molar-refractivity contribution is -0.144. The zero-order valence-electron chi connectivity index (χ0n) is 11.0. The third-order valence-corrected chi connectivity index (χ3v) is 4.41. The Kier molecular flexibility index (Phi) is 6.12. The first-order valence-corrected chi connectivity index (χ1v) is 7.30. The minimum Gasteiger partial charge on any atom is -0.466 e. The quantitative estimate of drug-likeness (QED) is 0.813. The Hall–Kier alpha value is -0.580. The molecule has 0 spiro atoms. The normalized spacial score (nSPS) is 14.3. The van der Waals surface area contributed by atoms with Gasteiger partial charge in [-0.15, -0.1) is 11.3 Å². The van der Waals surface area contributed by atoms with Crippen molar-refractivity contribution >= 4 is 28.9 Å². The molecule has 0 radical (unpaired) electrons. The highest BCUT2D eigenvalue weighted by molar-refractivity contribution is 7.16. The van der Waals surface area contributed by atoms with Gasteiger partial charge >= 0.3 is 5.97 Å². The van der Waals surface area contributed by atoms with Crippen LogP contribution in [0.25, 0.3) is 0 Å². The molecule has 0 aromatic carbocycles. The molecular weight excluding hydrogens is 270 g/mol. The van der Waals surface area contributed by atoms with E-state index in [4.69, 9.17) is 22.1 Å². The number of carbonyl (C=O) groups excluding carboxylic acids is 1. The molecule has 2 N–H and O–H groups in total. The summed E-state index contributed by atoms with van der Waals surface area (Å²) in [6.07, 6.45) is 1.18. The molecule has 1 aromatic heterocycles. The van der Waals surface area contributed by atoms with E-state index in [1.54, 1.807) is 0 Å². The van der Waals surface area contributed by atoms with E-state index in [-0.39, 0.29) is 17.9 Å². The molecule has 3 nitrogen and oxygen atoms in total. The van der Waals surface area contributed by atoms with Crippen LogP contribution in [0, 0.1) is 12.8 Å². The van der Waals surface area contributed by atoms with Crippen molar-refractivity contribution in [1.29, 1.82) is 0 Å². The van der Waals surface area contributed by atoms with Crippen molar-refractivity contribution in [3.05, 3.63) is 20.8 Å². The molecule has 18 heavy (non-hydrogen) atoms. The van der Waals surface area contributed by atoms with Gasteiger partial charge in [0.05, 0.1) is 10.9 Å². The number of aryl methyl sites for hydroxylation is 1. The van der Waals surface area contributed by atoms with E-state index in [9.17, 15) is 4.79 Å². The van der Waals surface area contributed by atoms with E-state index in [2.05, 4.69) is 0 Å². The fourth-order valence-corrected chi connectivity index (χ4v) is 3.04. The highest BCUT2D eigenvalue weighted by atomic mass is 35.5. The van der Waals surface area contributed by atoms with Crippen molar-refractivity contribution in [3.8, 4) is 0 Å². The molecule has 2 atom stereocenters. The zero-order chi connectivity index (χ0) is 13.7. The van der Waals surface area contributed by atoms with Gasteiger partial charge < -0.3 is 10.5 Å². The number of esters is 1. The predicted octanol–water partition coefficient (Wildman–Crippen LogP) is 3.69. The second kappa shape index (κ2) is 7.12. The van der Waals surface area contributed by atoms with Crippen LogP contribution in [0.4, 0.5) is 0 Å². The lowest BCUT2D eigenvalue weighted by atomic mass is 9.98. The summed E-state index contributed by atoms with van der Waals surface area (Å²) in [5.74, 6) is 0.0535. The monoisotopic (exact) mass is 289 g/mol. The van der Waals surface area contributed by atoms with E-state index in [0.717, 1.165) is 21.2 Å². The van der Waals surface area contributed by atoms with Crippen LogP contribution >= 0.6 is 22.9 Å². The lowest BCUT2D eigenvalue weighted by Crippen LogP contribution is -2.16. The Morgan fingerprint density at radius 3 is 2.78 bits per heavy atom. The van der Waals surface area contributed by atoms with Crippen LogP contribution in [-0.2, 0) is 9.53 Å². The van der Waals surface area contributed by atoms with Gasteiger partial charge in [-0.05, 0) is 37.8 Å². The average Bonchev–Trinajstić information content (AvgIpc) is 2.59. The van der Waals surface area contributed by atoms with Gasteiger partial charge in [0.15, 0.2) is 0 Å². The number of carbonyl (C=O) groups is 1. The molecule has 0 amide bonds. The van der Waals surface area contributed by atoms with Crippen molar-refractivity contribution in [2.45, 2.75) is 39.7 Å². The van der Waals surface area contributed by atoms with Gasteiger partial charge in [-0.3, -0.25) is 4.79 Å². The van der Waals surface area contributed by atoms with Crippen molar-refractivity contribution in [1.82, 2.24) is 0 Å². The largest absolute Gasteiger partial charge is 0.466 e. The minimum absolute atomic E-state index is 0.0642. The highest BCUT2D eigenvalue weighted by Gasteiger charge is 2.17. The fraction of sp³-hybridized carbons (Fsp3) is 0.615. The van der Waals surface area contributed by atoms with Crippen LogP contribution in [0.15, 0.2) is 6.07 Å². The first-order chi connectivity index (χ1) is 8.43. The highest BCUT2D eigenvalue weighted by Crippen LogP contribution is 2.32. The Morgan fingerprint density at radius 2 is 2.28 bits per heavy atom. The molecule has 0 saturated carbocycles. The third kappa shape index (κ3) is 4.59. The summed E-state index contributed by atoms with van der Waals surface area (Å²) in [6, 6.07) is 1.96. The van der Waals surface area contributed by atoms with E-state index < -0.39 is 0 Å². The predicted molar refractivity (Wildman–Crippen MR) is 76.0 cm³/mol. The summed E-state index contributed by atoms with van der Waals surface area (Å²) < 4.78 is 5.72. The minimum atomic E-state index is -0.155. The molecule has 0 bridgehead atoms. The van der Waals surface area contributed by atoms with Crippen LogP contribution in [0.2, 0.25) is 4.34 Å². The smallest absolute Gasteiger partial charge is 0.306 e. The number of ether oxygens (including phenoxy) is 1. The summed E-state index contributed by atoms with van der Waals surface area (Å²) in [4.78, 5) is 12.4. The van der Waals surface area contributed by atoms with Gasteiger partial charge in [0.2, 0.25) is 0 Å². The summed E-state index contributed by atoms with van der Waals surface area (Å²) in [5, 5.41) is 0. The second-order valence-electron chi connectivity index (χ2n) is 4.56. The summed E-state index contributed by atoms with van der Waals surface area (Å²) in [6.45, 7) is 6.22. The molecule has 1 heterocycles. The number of rotatable bonds is 6. The standard InChI is InChI=1S/C13H20ClNO2S/c1-4-17-12(16)6-8(2)5-10(15)11-7-9(3)13(14)18-11/h7-8,10H,4-6,15H2,1-3H3. The van der Waals surface area contributed by atoms with Crippen molar-refractivity contribution in [2.75, 3.05) is 6.61 Å². The molecule has 5 heteroatoms. The van der Waals surface area contributed by atoms with Crippen LogP contribution < -0.4 is 5.73 Å². The van der Waals surface area contributed by atoms with Crippen molar-refractivity contribution in [3.63, 3.8) is 0 Å². The molecule has 0 aliphatic heterocycles. The average molecular weight is 290 g/mol. The molecule has 0 aliphatic rings. The van der Waals surface area contributed by atoms with Gasteiger partial charge in [0.1, 0.15) is 0 Å². The maximum Gasteiger partial charge on any atom is 0.306 e. The molecule has 0 aliphatic carbocycles. The van der Waals surface area contributed by atoms with Gasteiger partial charge in [0.25, 0.3) is 0 Å². The third-order valence-electron chi connectivity index (χ3n) is 2.72. The number of halogens is 1. The number of hydrogen-bond acceptors (Lipinski definition) is 4. The Balaban J connectivity index is 2.48. The topological polar surface area (TPSA) is 52.3 Å². The first-order valence-electron chi connectivity index (χ1n) is 6.11. The molecule has 0 saturated heterocycles. The Bertz CT molecular complexity index is 386. The van der Waals surface area contributed by atoms with E-state index in [0.29, 0.717) is 13.0 Å². The maximum absolute atomic E-state index is 11.3. The maximum atomic E-state index is 11.3. The Morgan fingerprint density at radius 1 is 1.61 bits per heavy atom. The molecular formula is C13H20ClNO2S. The number of hydrogen-bond donors (Lipinski definition) is 1. The second-order valence-corrected chi connectivity index (χ2v) is 6.25. The molecule has 1 aromatic rings. The molecule has 0 fully saturated rings.